The summed E-state index contributed by atoms with van der Waals surface area (Å²) in [5.41, 5.74) is 1.20. The monoisotopic (exact) mass is 385 g/mol. The molecular weight excluding hydrogens is 370 g/mol. The molecule has 1 aliphatic rings. The van der Waals surface area contributed by atoms with Crippen LogP contribution in [0.3, 0.4) is 0 Å². The fourth-order valence-corrected chi connectivity index (χ4v) is 3.37. The van der Waals surface area contributed by atoms with Gasteiger partial charge in [-0.05, 0) is 30.7 Å². The fourth-order valence-electron chi connectivity index (χ4n) is 2.67. The lowest BCUT2D eigenvalue weighted by Gasteiger charge is -2.27. The number of rotatable bonds is 5. The summed E-state index contributed by atoms with van der Waals surface area (Å²) in [4.78, 5) is 25.4. The van der Waals surface area contributed by atoms with E-state index in [2.05, 4.69) is 10.9 Å². The number of benzene rings is 2. The summed E-state index contributed by atoms with van der Waals surface area (Å²) in [5, 5.41) is 0.183. The van der Waals surface area contributed by atoms with E-state index in [0.29, 0.717) is 11.1 Å². The van der Waals surface area contributed by atoms with E-state index in [-0.39, 0.29) is 21.9 Å². The predicted molar refractivity (Wildman–Crippen MR) is 98.4 cm³/mol. The molecule has 7 nitrogen and oxygen atoms in total. The maximum absolute atomic E-state index is 12.7. The summed E-state index contributed by atoms with van der Waals surface area (Å²) in [6.07, 6.45) is 2.98. The molecular formula is C19H15NO6S. The van der Waals surface area contributed by atoms with Gasteiger partial charge < -0.3 is 4.18 Å². The number of imide groups is 1. The number of hydrogen-bond donors (Lipinski definition) is 0. The first-order valence-corrected chi connectivity index (χ1v) is 9.21. The van der Waals surface area contributed by atoms with Crippen LogP contribution >= 0.6 is 0 Å². The van der Waals surface area contributed by atoms with Gasteiger partial charge in [0, 0.05) is 11.1 Å². The lowest BCUT2D eigenvalue weighted by Crippen LogP contribution is -2.43. The van der Waals surface area contributed by atoms with E-state index in [0.717, 1.165) is 0 Å². The maximum atomic E-state index is 12.7. The number of amides is 2. The first kappa shape index (κ1) is 18.6. The highest BCUT2D eigenvalue weighted by molar-refractivity contribution is 7.82. The molecule has 0 spiro atoms. The Kier molecular flexibility index (Phi) is 4.93. The second kappa shape index (κ2) is 7.18. The quantitative estimate of drug-likeness (QED) is 0.581. The van der Waals surface area contributed by atoms with Gasteiger partial charge >= 0.3 is 10.4 Å². The first-order valence-electron chi connectivity index (χ1n) is 7.88. The Morgan fingerprint density at radius 1 is 1.00 bits per heavy atom. The Morgan fingerprint density at radius 2 is 1.70 bits per heavy atom. The van der Waals surface area contributed by atoms with Crippen LogP contribution in [0.25, 0.3) is 11.6 Å². The Labute approximate surface area is 156 Å². The first-order chi connectivity index (χ1) is 12.9. The third-order valence-corrected chi connectivity index (χ3v) is 4.54. The van der Waals surface area contributed by atoms with Crippen LogP contribution in [0.2, 0.25) is 0 Å². The standard InChI is InChI=1S/C19H15NO6S/c1-3-13-9-8-12-16-17(13)15(4-2)18(21)20(19(16)22)26-27(23,24)25-14-10-6-5-7-11-14/h3-12H,1H2,2H3/b15-4+. The van der Waals surface area contributed by atoms with Crippen molar-refractivity contribution in [2.75, 3.05) is 0 Å². The van der Waals surface area contributed by atoms with Crippen LogP contribution in [0.5, 0.6) is 5.75 Å². The molecule has 1 aliphatic heterocycles. The number of fused-ring (bicyclic) bond motifs is 1. The summed E-state index contributed by atoms with van der Waals surface area (Å²) in [6.45, 7) is 5.27. The van der Waals surface area contributed by atoms with Crippen LogP contribution in [0.4, 0.5) is 0 Å². The van der Waals surface area contributed by atoms with E-state index in [1.165, 1.54) is 30.4 Å². The van der Waals surface area contributed by atoms with E-state index < -0.39 is 22.2 Å². The minimum Gasteiger partial charge on any atom is -0.360 e. The largest absolute Gasteiger partial charge is 0.471 e. The van der Waals surface area contributed by atoms with Crippen molar-refractivity contribution in [2.45, 2.75) is 6.92 Å². The molecule has 2 aromatic rings. The molecule has 0 N–H and O–H groups in total. The molecule has 27 heavy (non-hydrogen) atoms. The van der Waals surface area contributed by atoms with Gasteiger partial charge in [0.15, 0.2) is 0 Å². The summed E-state index contributed by atoms with van der Waals surface area (Å²) in [7, 11) is -4.71. The minimum atomic E-state index is -4.71. The van der Waals surface area contributed by atoms with E-state index in [4.69, 9.17) is 4.18 Å². The van der Waals surface area contributed by atoms with Gasteiger partial charge in [-0.15, -0.1) is 9.35 Å². The second-order valence-corrected chi connectivity index (χ2v) is 6.59. The number of hydrogen-bond acceptors (Lipinski definition) is 6. The highest BCUT2D eigenvalue weighted by atomic mass is 32.3. The molecule has 0 aliphatic carbocycles. The average molecular weight is 385 g/mol. The Balaban J connectivity index is 1.98. The maximum Gasteiger partial charge on any atom is 0.471 e. The Hall–Kier alpha value is -3.23. The molecule has 1 heterocycles. The summed E-state index contributed by atoms with van der Waals surface area (Å²) < 4.78 is 33.8. The van der Waals surface area contributed by atoms with Gasteiger partial charge in [0.2, 0.25) is 0 Å². The van der Waals surface area contributed by atoms with Gasteiger partial charge in [0.1, 0.15) is 5.75 Å². The van der Waals surface area contributed by atoms with Crippen LogP contribution in [0.15, 0.2) is 61.2 Å². The van der Waals surface area contributed by atoms with Gasteiger partial charge in [-0.1, -0.05) is 49.1 Å². The molecule has 8 heteroatoms. The van der Waals surface area contributed by atoms with Crippen molar-refractivity contribution in [1.82, 2.24) is 5.06 Å². The molecule has 3 rings (SSSR count). The van der Waals surface area contributed by atoms with Crippen LogP contribution < -0.4 is 4.18 Å². The van der Waals surface area contributed by atoms with E-state index >= 15 is 0 Å². The predicted octanol–water partition coefficient (Wildman–Crippen LogP) is 2.97. The number of hydroxylamine groups is 2. The zero-order valence-electron chi connectivity index (χ0n) is 14.3. The highest BCUT2D eigenvalue weighted by Crippen LogP contribution is 2.33. The van der Waals surface area contributed by atoms with Crippen molar-refractivity contribution in [3.05, 3.63) is 77.9 Å². The number of carbonyl (C=O) groups is 2. The second-order valence-electron chi connectivity index (χ2n) is 5.46. The Bertz CT molecular complexity index is 1060. The average Bonchev–Trinajstić information content (AvgIpc) is 2.65. The zero-order valence-corrected chi connectivity index (χ0v) is 15.1. The van der Waals surface area contributed by atoms with E-state index in [1.54, 1.807) is 37.3 Å². The van der Waals surface area contributed by atoms with Crippen LogP contribution in [-0.4, -0.2) is 25.3 Å². The molecule has 0 atom stereocenters. The third kappa shape index (κ3) is 3.53. The summed E-state index contributed by atoms with van der Waals surface area (Å²) in [5.74, 6) is -1.84. The summed E-state index contributed by atoms with van der Waals surface area (Å²) >= 11 is 0. The van der Waals surface area contributed by atoms with Gasteiger partial charge in [0.25, 0.3) is 11.8 Å². The number of allylic oxidation sites excluding steroid dienone is 1. The van der Waals surface area contributed by atoms with Gasteiger partial charge in [-0.3, -0.25) is 9.59 Å². The zero-order chi connectivity index (χ0) is 19.6. The minimum absolute atomic E-state index is 0.0185. The van der Waals surface area contributed by atoms with Crippen LogP contribution in [0.1, 0.15) is 28.4 Å². The number of carbonyl (C=O) groups excluding carboxylic acids is 2. The molecule has 0 unspecified atom stereocenters. The van der Waals surface area contributed by atoms with Crippen LogP contribution in [0, 0.1) is 0 Å². The topological polar surface area (TPSA) is 90.0 Å². The van der Waals surface area contributed by atoms with Crippen molar-refractivity contribution in [2.24, 2.45) is 0 Å². The highest BCUT2D eigenvalue weighted by Gasteiger charge is 2.40. The third-order valence-electron chi connectivity index (χ3n) is 3.81. The van der Waals surface area contributed by atoms with Crippen molar-refractivity contribution < 1.29 is 26.5 Å². The smallest absolute Gasteiger partial charge is 0.360 e. The van der Waals surface area contributed by atoms with Gasteiger partial charge in [0.05, 0.1) is 5.56 Å². The molecule has 0 bridgehead atoms. The molecule has 2 aromatic carbocycles. The lowest BCUT2D eigenvalue weighted by atomic mass is 9.90. The Morgan fingerprint density at radius 3 is 2.33 bits per heavy atom. The molecule has 0 aromatic heterocycles. The van der Waals surface area contributed by atoms with Gasteiger partial charge in [-0.2, -0.15) is 8.42 Å². The van der Waals surface area contributed by atoms with Crippen LogP contribution in [-0.2, 0) is 19.5 Å². The molecule has 0 saturated carbocycles. The fraction of sp³-hybridized carbons (Fsp3) is 0.0526. The normalized spacial score (nSPS) is 15.6. The molecule has 0 saturated heterocycles. The van der Waals surface area contributed by atoms with Gasteiger partial charge in [-0.25, -0.2) is 0 Å². The van der Waals surface area contributed by atoms with Crippen molar-refractivity contribution in [1.29, 1.82) is 0 Å². The number of nitrogens with zero attached hydrogens (tertiary/aromatic N) is 1. The van der Waals surface area contributed by atoms with E-state index in [9.17, 15) is 18.0 Å². The molecule has 138 valence electrons. The summed E-state index contributed by atoms with van der Waals surface area (Å²) in [6, 6.07) is 12.4. The van der Waals surface area contributed by atoms with Crippen molar-refractivity contribution in [3.63, 3.8) is 0 Å². The number of para-hydroxylation sites is 1. The molecule has 0 fully saturated rings. The molecule has 0 radical (unpaired) electrons. The van der Waals surface area contributed by atoms with E-state index in [1.807, 2.05) is 0 Å². The van der Waals surface area contributed by atoms with Crippen molar-refractivity contribution in [3.8, 4) is 5.75 Å². The SMILES string of the molecule is C=Cc1cccc2c1/C(=C\C)C(=O)N(OS(=O)(=O)Oc1ccccc1)C2=O. The lowest BCUT2D eigenvalue weighted by molar-refractivity contribution is -0.142. The van der Waals surface area contributed by atoms with Crippen molar-refractivity contribution >= 4 is 33.9 Å². The molecule has 2 amide bonds.